The zero-order valence-electron chi connectivity index (χ0n) is 12.1. The van der Waals surface area contributed by atoms with E-state index in [0.717, 1.165) is 32.1 Å². The van der Waals surface area contributed by atoms with Crippen LogP contribution < -0.4 is 10.3 Å². The molecule has 1 saturated heterocycles. The van der Waals surface area contributed by atoms with Gasteiger partial charge in [0.25, 0.3) is 5.56 Å². The predicted octanol–water partition coefficient (Wildman–Crippen LogP) is 1.04. The molecule has 8 heteroatoms. The van der Waals surface area contributed by atoms with E-state index in [1.54, 1.807) is 0 Å². The van der Waals surface area contributed by atoms with Gasteiger partial charge in [0.1, 0.15) is 5.02 Å². The molecule has 0 amide bonds. The third-order valence-corrected chi connectivity index (χ3v) is 5.69. The van der Waals surface area contributed by atoms with E-state index in [-0.39, 0.29) is 15.3 Å². The van der Waals surface area contributed by atoms with E-state index in [9.17, 15) is 13.2 Å². The van der Waals surface area contributed by atoms with E-state index in [1.165, 1.54) is 6.07 Å². The van der Waals surface area contributed by atoms with Crippen molar-refractivity contribution in [2.24, 2.45) is 5.41 Å². The smallest absolute Gasteiger partial charge is 0.266 e. The molecular weight excluding hydrogens is 314 g/mol. The van der Waals surface area contributed by atoms with E-state index < -0.39 is 15.6 Å². The molecule has 118 valence electrons. The first-order valence-electron chi connectivity index (χ1n) is 6.78. The van der Waals surface area contributed by atoms with Crippen molar-refractivity contribution in [3.8, 4) is 0 Å². The fourth-order valence-corrected chi connectivity index (χ4v) is 3.71. The minimum Gasteiger partial charge on any atom is -0.326 e. The fraction of sp³-hybridized carbons (Fsp3) is 0.615. The van der Waals surface area contributed by atoms with Gasteiger partial charge in [0.05, 0.1) is 4.90 Å². The van der Waals surface area contributed by atoms with E-state index in [0.29, 0.717) is 6.54 Å². The number of nitrogens with one attached hydrogen (secondary N) is 2. The fourth-order valence-electron chi connectivity index (χ4n) is 2.28. The topological polar surface area (TPSA) is 82.3 Å². The standard InChI is InChI=1S/C13H20ClN3O3S/c1-13(3-5-17(2)6-4-13)9-16-21(19,20)10-7-11(14)12(18)15-8-10/h7-8,16H,3-6,9H2,1-2H3,(H,15,18). The molecule has 0 atom stereocenters. The molecule has 0 spiro atoms. The van der Waals surface area contributed by atoms with Gasteiger partial charge < -0.3 is 9.88 Å². The molecule has 2 N–H and O–H groups in total. The second-order valence-electron chi connectivity index (χ2n) is 5.95. The number of hydrogen-bond donors (Lipinski definition) is 2. The highest BCUT2D eigenvalue weighted by molar-refractivity contribution is 7.89. The first-order chi connectivity index (χ1) is 9.72. The van der Waals surface area contributed by atoms with Crippen molar-refractivity contribution in [1.29, 1.82) is 0 Å². The Morgan fingerprint density at radius 2 is 2.05 bits per heavy atom. The summed E-state index contributed by atoms with van der Waals surface area (Å²) in [6.45, 7) is 4.38. The maximum atomic E-state index is 12.2. The lowest BCUT2D eigenvalue weighted by molar-refractivity contribution is 0.143. The lowest BCUT2D eigenvalue weighted by atomic mass is 9.81. The molecule has 0 saturated carbocycles. The molecule has 0 unspecified atom stereocenters. The number of hydrogen-bond acceptors (Lipinski definition) is 4. The molecule has 1 aromatic heterocycles. The Kier molecular flexibility index (Phi) is 4.77. The van der Waals surface area contributed by atoms with Crippen LogP contribution in [0.1, 0.15) is 19.8 Å². The Morgan fingerprint density at radius 1 is 1.43 bits per heavy atom. The molecule has 0 aliphatic carbocycles. The van der Waals surface area contributed by atoms with Crippen LogP contribution in [0, 0.1) is 5.41 Å². The summed E-state index contributed by atoms with van der Waals surface area (Å²) in [4.78, 5) is 15.7. The number of piperidine rings is 1. The van der Waals surface area contributed by atoms with E-state index in [2.05, 4.69) is 28.6 Å². The number of aromatic amines is 1. The van der Waals surface area contributed by atoms with Crippen LogP contribution in [0.2, 0.25) is 5.02 Å². The number of likely N-dealkylation sites (tertiary alicyclic amines) is 1. The summed E-state index contributed by atoms with van der Waals surface area (Å²) in [6, 6.07) is 1.17. The minimum atomic E-state index is -3.67. The summed E-state index contributed by atoms with van der Waals surface area (Å²) < 4.78 is 27.1. The van der Waals surface area contributed by atoms with Crippen LogP contribution in [0.4, 0.5) is 0 Å². The summed E-state index contributed by atoms with van der Waals surface area (Å²) in [5.41, 5.74) is -0.552. The highest BCUT2D eigenvalue weighted by Gasteiger charge is 2.30. The predicted molar refractivity (Wildman–Crippen MR) is 82.1 cm³/mol. The molecule has 1 fully saturated rings. The van der Waals surface area contributed by atoms with E-state index in [1.807, 2.05) is 0 Å². The second kappa shape index (κ2) is 6.08. The maximum absolute atomic E-state index is 12.2. The van der Waals surface area contributed by atoms with Crippen molar-refractivity contribution < 1.29 is 8.42 Å². The first kappa shape index (κ1) is 16.5. The van der Waals surface area contributed by atoms with Gasteiger partial charge in [0.15, 0.2) is 0 Å². The SMILES string of the molecule is CN1CCC(C)(CNS(=O)(=O)c2c[nH]c(=O)c(Cl)c2)CC1. The normalized spacial score (nSPS) is 19.6. The average Bonchev–Trinajstić information content (AvgIpc) is 2.43. The number of rotatable bonds is 4. The van der Waals surface area contributed by atoms with E-state index in [4.69, 9.17) is 11.6 Å². The zero-order valence-corrected chi connectivity index (χ0v) is 13.7. The van der Waals surface area contributed by atoms with Crippen molar-refractivity contribution in [3.63, 3.8) is 0 Å². The quantitative estimate of drug-likeness (QED) is 0.862. The molecule has 0 bridgehead atoms. The van der Waals surface area contributed by atoms with Crippen molar-refractivity contribution >= 4 is 21.6 Å². The summed E-state index contributed by atoms with van der Waals surface area (Å²) in [7, 11) is -1.61. The number of aromatic nitrogens is 1. The van der Waals surface area contributed by atoms with E-state index >= 15 is 0 Å². The van der Waals surface area contributed by atoms with Gasteiger partial charge >= 0.3 is 0 Å². The van der Waals surface area contributed by atoms with Crippen LogP contribution in [0.5, 0.6) is 0 Å². The molecule has 0 radical (unpaired) electrons. The minimum absolute atomic E-state index is 0.0244. The van der Waals surface area contributed by atoms with Crippen LogP contribution in [-0.2, 0) is 10.0 Å². The molecule has 6 nitrogen and oxygen atoms in total. The molecule has 1 aliphatic heterocycles. The molecule has 2 heterocycles. The Bertz CT molecular complexity index is 663. The molecule has 0 aromatic carbocycles. The summed E-state index contributed by atoms with van der Waals surface area (Å²) in [5.74, 6) is 0. The maximum Gasteiger partial charge on any atom is 0.266 e. The third kappa shape index (κ3) is 4.06. The number of nitrogens with zero attached hydrogens (tertiary/aromatic N) is 1. The molecule has 1 aliphatic rings. The largest absolute Gasteiger partial charge is 0.326 e. The summed E-state index contributed by atoms with van der Waals surface area (Å²) in [5, 5.41) is -0.136. The Morgan fingerprint density at radius 3 is 2.62 bits per heavy atom. The Labute approximate surface area is 129 Å². The van der Waals surface area contributed by atoms with Crippen LogP contribution >= 0.6 is 11.6 Å². The molecular formula is C13H20ClN3O3S. The summed E-state index contributed by atoms with van der Waals surface area (Å²) in [6.07, 6.45) is 3.05. The Hall–Kier alpha value is -0.890. The first-order valence-corrected chi connectivity index (χ1v) is 8.64. The summed E-state index contributed by atoms with van der Waals surface area (Å²) >= 11 is 5.67. The van der Waals surface area contributed by atoms with Crippen molar-refractivity contribution in [3.05, 3.63) is 27.6 Å². The van der Waals surface area contributed by atoms with Gasteiger partial charge in [0.2, 0.25) is 10.0 Å². The van der Waals surface area contributed by atoms with Gasteiger partial charge in [-0.3, -0.25) is 4.79 Å². The molecule has 1 aromatic rings. The van der Waals surface area contributed by atoms with Crippen molar-refractivity contribution in [2.45, 2.75) is 24.7 Å². The highest BCUT2D eigenvalue weighted by atomic mass is 35.5. The van der Waals surface area contributed by atoms with Crippen molar-refractivity contribution in [1.82, 2.24) is 14.6 Å². The van der Waals surface area contributed by atoms with Gasteiger partial charge in [-0.15, -0.1) is 0 Å². The molecule has 21 heavy (non-hydrogen) atoms. The van der Waals surface area contributed by atoms with Gasteiger partial charge in [-0.25, -0.2) is 13.1 Å². The van der Waals surface area contributed by atoms with Crippen LogP contribution in [0.15, 0.2) is 22.0 Å². The van der Waals surface area contributed by atoms with Crippen LogP contribution in [0.3, 0.4) is 0 Å². The lowest BCUT2D eigenvalue weighted by Gasteiger charge is -2.37. The van der Waals surface area contributed by atoms with Crippen LogP contribution in [-0.4, -0.2) is 45.0 Å². The van der Waals surface area contributed by atoms with Crippen LogP contribution in [0.25, 0.3) is 0 Å². The number of sulfonamides is 1. The monoisotopic (exact) mass is 333 g/mol. The Balaban J connectivity index is 2.07. The number of pyridine rings is 1. The second-order valence-corrected chi connectivity index (χ2v) is 8.13. The van der Waals surface area contributed by atoms with Crippen molar-refractivity contribution in [2.75, 3.05) is 26.7 Å². The number of H-pyrrole nitrogens is 1. The van der Waals surface area contributed by atoms with Gasteiger partial charge in [-0.2, -0.15) is 0 Å². The lowest BCUT2D eigenvalue weighted by Crippen LogP contribution is -2.43. The number of halogens is 1. The third-order valence-electron chi connectivity index (χ3n) is 4.02. The van der Waals surface area contributed by atoms with Gasteiger partial charge in [0, 0.05) is 12.7 Å². The van der Waals surface area contributed by atoms with Gasteiger partial charge in [-0.05, 0) is 44.5 Å². The molecule has 2 rings (SSSR count). The average molecular weight is 334 g/mol. The highest BCUT2D eigenvalue weighted by Crippen LogP contribution is 2.29. The zero-order chi connectivity index (χ0) is 15.7. The van der Waals surface area contributed by atoms with Gasteiger partial charge in [-0.1, -0.05) is 18.5 Å².